The quantitative estimate of drug-likeness (QED) is 0.601. The van der Waals surface area contributed by atoms with Gasteiger partial charge in [0.25, 0.3) is 5.91 Å². The first-order valence-electron chi connectivity index (χ1n) is 5.50. The van der Waals surface area contributed by atoms with Crippen LogP contribution in [0.2, 0.25) is 0 Å². The van der Waals surface area contributed by atoms with E-state index in [9.17, 15) is 4.79 Å². The summed E-state index contributed by atoms with van der Waals surface area (Å²) in [5, 5.41) is 0. The molecular weight excluding hydrogens is 202 g/mol. The molecule has 1 amide bonds. The topological polar surface area (TPSA) is 58.4 Å². The SMILES string of the molecule is CCN(CC)C(=O)c1ccc(C)cc1NN. The number of aryl methyl sites for hydroxylation is 1. The zero-order valence-electron chi connectivity index (χ0n) is 10.1. The largest absolute Gasteiger partial charge is 0.339 e. The summed E-state index contributed by atoms with van der Waals surface area (Å²) in [6.45, 7) is 7.29. The van der Waals surface area contributed by atoms with Crippen LogP contribution in [0.4, 0.5) is 5.69 Å². The first-order valence-corrected chi connectivity index (χ1v) is 5.50. The van der Waals surface area contributed by atoms with Crippen LogP contribution in [0, 0.1) is 6.92 Å². The summed E-state index contributed by atoms with van der Waals surface area (Å²) in [7, 11) is 0. The molecule has 0 aromatic heterocycles. The third-order valence-electron chi connectivity index (χ3n) is 2.61. The van der Waals surface area contributed by atoms with E-state index < -0.39 is 0 Å². The molecule has 0 spiro atoms. The summed E-state index contributed by atoms with van der Waals surface area (Å²) in [6, 6.07) is 5.60. The van der Waals surface area contributed by atoms with Crippen LogP contribution in [0.25, 0.3) is 0 Å². The Morgan fingerprint density at radius 2 is 2.00 bits per heavy atom. The van der Waals surface area contributed by atoms with Crippen molar-refractivity contribution in [2.24, 2.45) is 5.84 Å². The molecule has 4 heteroatoms. The van der Waals surface area contributed by atoms with Gasteiger partial charge in [-0.05, 0) is 38.5 Å². The van der Waals surface area contributed by atoms with Crippen molar-refractivity contribution in [2.75, 3.05) is 18.5 Å². The number of carbonyl (C=O) groups is 1. The first kappa shape index (κ1) is 12.5. The Morgan fingerprint density at radius 3 is 2.50 bits per heavy atom. The lowest BCUT2D eigenvalue weighted by molar-refractivity contribution is 0.0774. The second-order valence-corrected chi connectivity index (χ2v) is 3.67. The second-order valence-electron chi connectivity index (χ2n) is 3.67. The third kappa shape index (κ3) is 2.52. The number of amides is 1. The van der Waals surface area contributed by atoms with Crippen LogP contribution in [0.15, 0.2) is 18.2 Å². The predicted octanol–water partition coefficient (Wildman–Crippen LogP) is 1.76. The van der Waals surface area contributed by atoms with E-state index in [2.05, 4.69) is 5.43 Å². The van der Waals surface area contributed by atoms with E-state index in [1.165, 1.54) is 0 Å². The molecule has 1 aromatic rings. The molecule has 0 atom stereocenters. The number of nitrogens with one attached hydrogen (secondary N) is 1. The van der Waals surface area contributed by atoms with E-state index >= 15 is 0 Å². The van der Waals surface area contributed by atoms with Crippen molar-refractivity contribution in [2.45, 2.75) is 20.8 Å². The average Bonchev–Trinajstić information content (AvgIpc) is 2.30. The maximum Gasteiger partial charge on any atom is 0.255 e. The number of nitrogens with two attached hydrogens (primary N) is 1. The highest BCUT2D eigenvalue weighted by atomic mass is 16.2. The number of benzene rings is 1. The monoisotopic (exact) mass is 221 g/mol. The van der Waals surface area contributed by atoms with Gasteiger partial charge in [-0.2, -0.15) is 0 Å². The summed E-state index contributed by atoms with van der Waals surface area (Å²) in [6.07, 6.45) is 0. The minimum atomic E-state index is 0.0120. The molecule has 0 aliphatic heterocycles. The molecule has 0 aliphatic carbocycles. The second kappa shape index (κ2) is 5.51. The molecule has 0 bridgehead atoms. The summed E-state index contributed by atoms with van der Waals surface area (Å²) >= 11 is 0. The summed E-state index contributed by atoms with van der Waals surface area (Å²) in [4.78, 5) is 13.9. The van der Waals surface area contributed by atoms with Crippen LogP contribution >= 0.6 is 0 Å². The molecule has 0 saturated heterocycles. The molecule has 0 fully saturated rings. The Bertz CT molecular complexity index is 373. The number of hydrazine groups is 1. The van der Waals surface area contributed by atoms with Gasteiger partial charge in [-0.3, -0.25) is 10.6 Å². The van der Waals surface area contributed by atoms with Crippen LogP contribution in [0.1, 0.15) is 29.8 Å². The maximum absolute atomic E-state index is 12.1. The molecule has 1 aromatic carbocycles. The lowest BCUT2D eigenvalue weighted by atomic mass is 10.1. The molecule has 4 nitrogen and oxygen atoms in total. The molecule has 0 aliphatic rings. The Kier molecular flexibility index (Phi) is 4.31. The van der Waals surface area contributed by atoms with Crippen molar-refractivity contribution in [3.63, 3.8) is 0 Å². The fourth-order valence-electron chi connectivity index (χ4n) is 1.65. The van der Waals surface area contributed by atoms with E-state index in [-0.39, 0.29) is 5.91 Å². The Labute approximate surface area is 96.4 Å². The van der Waals surface area contributed by atoms with Gasteiger partial charge in [0.2, 0.25) is 0 Å². The van der Waals surface area contributed by atoms with Crippen molar-refractivity contribution in [3.05, 3.63) is 29.3 Å². The van der Waals surface area contributed by atoms with E-state index in [1.54, 1.807) is 4.90 Å². The Morgan fingerprint density at radius 1 is 1.38 bits per heavy atom. The van der Waals surface area contributed by atoms with E-state index in [0.29, 0.717) is 24.3 Å². The van der Waals surface area contributed by atoms with Crippen LogP contribution in [0.3, 0.4) is 0 Å². The van der Waals surface area contributed by atoms with Crippen molar-refractivity contribution < 1.29 is 4.79 Å². The minimum absolute atomic E-state index is 0.0120. The van der Waals surface area contributed by atoms with Gasteiger partial charge in [0.05, 0.1) is 11.3 Å². The zero-order chi connectivity index (χ0) is 12.1. The van der Waals surface area contributed by atoms with Crippen LogP contribution < -0.4 is 11.3 Å². The van der Waals surface area contributed by atoms with E-state index in [0.717, 1.165) is 5.56 Å². The minimum Gasteiger partial charge on any atom is -0.339 e. The van der Waals surface area contributed by atoms with Crippen LogP contribution in [-0.4, -0.2) is 23.9 Å². The van der Waals surface area contributed by atoms with Gasteiger partial charge in [0.1, 0.15) is 0 Å². The number of hydrogen-bond donors (Lipinski definition) is 2. The highest BCUT2D eigenvalue weighted by molar-refractivity contribution is 5.99. The maximum atomic E-state index is 12.1. The molecular formula is C12H19N3O. The van der Waals surface area contributed by atoms with Crippen molar-refractivity contribution in [3.8, 4) is 0 Å². The molecule has 0 radical (unpaired) electrons. The molecule has 88 valence electrons. The van der Waals surface area contributed by atoms with Crippen LogP contribution in [0.5, 0.6) is 0 Å². The van der Waals surface area contributed by atoms with E-state index in [4.69, 9.17) is 5.84 Å². The van der Waals surface area contributed by atoms with Gasteiger partial charge in [-0.25, -0.2) is 0 Å². The number of hydrogen-bond acceptors (Lipinski definition) is 3. The summed E-state index contributed by atoms with van der Waals surface area (Å²) in [5.41, 5.74) is 4.95. The highest BCUT2D eigenvalue weighted by Gasteiger charge is 2.15. The molecule has 16 heavy (non-hydrogen) atoms. The fourth-order valence-corrected chi connectivity index (χ4v) is 1.65. The standard InChI is InChI=1S/C12H19N3O/c1-4-15(5-2)12(16)10-7-6-9(3)8-11(10)14-13/h6-8,14H,4-5,13H2,1-3H3. The Hall–Kier alpha value is -1.55. The fraction of sp³-hybridized carbons (Fsp3) is 0.417. The van der Waals surface area contributed by atoms with Gasteiger partial charge < -0.3 is 10.3 Å². The van der Waals surface area contributed by atoms with Crippen molar-refractivity contribution in [1.29, 1.82) is 0 Å². The number of nitrogens with zero attached hydrogens (tertiary/aromatic N) is 1. The lowest BCUT2D eigenvalue weighted by Crippen LogP contribution is -2.31. The molecule has 0 heterocycles. The zero-order valence-corrected chi connectivity index (χ0v) is 10.1. The number of rotatable bonds is 4. The van der Waals surface area contributed by atoms with Gasteiger partial charge in [0, 0.05) is 13.1 Å². The summed E-state index contributed by atoms with van der Waals surface area (Å²) in [5.74, 6) is 5.43. The van der Waals surface area contributed by atoms with Gasteiger partial charge >= 0.3 is 0 Å². The van der Waals surface area contributed by atoms with Gasteiger partial charge in [0.15, 0.2) is 0 Å². The van der Waals surface area contributed by atoms with Crippen molar-refractivity contribution >= 4 is 11.6 Å². The predicted molar refractivity (Wildman–Crippen MR) is 66.2 cm³/mol. The number of carbonyl (C=O) groups excluding carboxylic acids is 1. The summed E-state index contributed by atoms with van der Waals surface area (Å²) < 4.78 is 0. The highest BCUT2D eigenvalue weighted by Crippen LogP contribution is 2.18. The van der Waals surface area contributed by atoms with Gasteiger partial charge in [-0.1, -0.05) is 6.07 Å². The first-order chi connectivity index (χ1) is 7.63. The Balaban J connectivity index is 3.07. The molecule has 0 saturated carbocycles. The number of nitrogen functional groups attached to an aromatic ring is 1. The molecule has 0 unspecified atom stereocenters. The van der Waals surface area contributed by atoms with Crippen LogP contribution in [-0.2, 0) is 0 Å². The van der Waals surface area contributed by atoms with E-state index in [1.807, 2.05) is 39.0 Å². The average molecular weight is 221 g/mol. The third-order valence-corrected chi connectivity index (χ3v) is 2.61. The number of anilines is 1. The van der Waals surface area contributed by atoms with Gasteiger partial charge in [-0.15, -0.1) is 0 Å². The smallest absolute Gasteiger partial charge is 0.255 e. The normalized spacial score (nSPS) is 10.0. The lowest BCUT2D eigenvalue weighted by Gasteiger charge is -2.20. The molecule has 3 N–H and O–H groups in total. The molecule has 1 rings (SSSR count). The van der Waals surface area contributed by atoms with Crippen molar-refractivity contribution in [1.82, 2.24) is 4.90 Å².